The number of halogens is 1. The van der Waals surface area contributed by atoms with Crippen molar-refractivity contribution in [2.45, 2.75) is 63.6 Å². The summed E-state index contributed by atoms with van der Waals surface area (Å²) in [5, 5.41) is 16.9. The Labute approximate surface area is 163 Å². The van der Waals surface area contributed by atoms with Gasteiger partial charge in [-0.25, -0.2) is 0 Å². The Kier molecular flexibility index (Phi) is 11.2. The van der Waals surface area contributed by atoms with E-state index >= 15 is 0 Å². The predicted octanol–water partition coefficient (Wildman–Crippen LogP) is 2.05. The summed E-state index contributed by atoms with van der Waals surface area (Å²) in [4.78, 5) is 4.53. The van der Waals surface area contributed by atoms with E-state index in [0.717, 1.165) is 77.2 Å². The molecule has 0 aromatic rings. The van der Waals surface area contributed by atoms with Crippen LogP contribution in [0.5, 0.6) is 0 Å². The lowest BCUT2D eigenvalue weighted by atomic mass is 10.0. The molecule has 0 aromatic heterocycles. The van der Waals surface area contributed by atoms with Gasteiger partial charge < -0.3 is 25.2 Å². The van der Waals surface area contributed by atoms with Gasteiger partial charge in [0.2, 0.25) is 0 Å². The molecule has 1 heterocycles. The Morgan fingerprint density at radius 2 is 2.08 bits per heavy atom. The van der Waals surface area contributed by atoms with Gasteiger partial charge in [-0.05, 0) is 39.0 Å². The van der Waals surface area contributed by atoms with Crippen LogP contribution in [0.1, 0.15) is 51.9 Å². The Morgan fingerprint density at radius 3 is 2.75 bits per heavy atom. The number of guanidine groups is 1. The first kappa shape index (κ1) is 21.9. The SMILES string of the molecule is CCNC(=NCC1(O)CCCC1)NCCCOCC1CCCO1.I. The van der Waals surface area contributed by atoms with E-state index in [9.17, 15) is 5.11 Å². The van der Waals surface area contributed by atoms with Gasteiger partial charge in [0.1, 0.15) is 0 Å². The highest BCUT2D eigenvalue weighted by molar-refractivity contribution is 14.0. The summed E-state index contributed by atoms with van der Waals surface area (Å²) in [6.07, 6.45) is 7.47. The molecule has 1 saturated carbocycles. The molecule has 1 atom stereocenters. The Balaban J connectivity index is 0.00000288. The second-order valence-corrected chi connectivity index (χ2v) is 6.62. The van der Waals surface area contributed by atoms with Crippen LogP contribution < -0.4 is 10.6 Å². The fourth-order valence-electron chi connectivity index (χ4n) is 3.13. The molecule has 2 fully saturated rings. The lowest BCUT2D eigenvalue weighted by Crippen LogP contribution is -2.40. The monoisotopic (exact) mass is 455 g/mol. The number of hydrogen-bond donors (Lipinski definition) is 3. The maximum atomic E-state index is 10.4. The van der Waals surface area contributed by atoms with Crippen LogP contribution in [-0.2, 0) is 9.47 Å². The molecule has 0 bridgehead atoms. The molecule has 3 N–H and O–H groups in total. The van der Waals surface area contributed by atoms with Gasteiger partial charge in [-0.15, -0.1) is 24.0 Å². The second kappa shape index (κ2) is 12.3. The van der Waals surface area contributed by atoms with Gasteiger partial charge in [0.15, 0.2) is 5.96 Å². The van der Waals surface area contributed by atoms with Gasteiger partial charge in [-0.2, -0.15) is 0 Å². The van der Waals surface area contributed by atoms with Crippen LogP contribution in [0.2, 0.25) is 0 Å². The van der Waals surface area contributed by atoms with E-state index in [-0.39, 0.29) is 24.0 Å². The number of nitrogens with zero attached hydrogens (tertiary/aromatic N) is 1. The molecule has 6 nitrogen and oxygen atoms in total. The molecule has 0 radical (unpaired) electrons. The molecule has 7 heteroatoms. The molecule has 142 valence electrons. The van der Waals surface area contributed by atoms with Crippen molar-refractivity contribution < 1.29 is 14.6 Å². The number of aliphatic hydroxyl groups is 1. The van der Waals surface area contributed by atoms with Crippen molar-refractivity contribution in [2.75, 3.05) is 39.5 Å². The van der Waals surface area contributed by atoms with Crippen molar-refractivity contribution in [1.29, 1.82) is 0 Å². The Morgan fingerprint density at radius 1 is 1.29 bits per heavy atom. The van der Waals surface area contributed by atoms with Crippen molar-refractivity contribution in [1.82, 2.24) is 10.6 Å². The van der Waals surface area contributed by atoms with E-state index in [1.54, 1.807) is 0 Å². The third-order valence-corrected chi connectivity index (χ3v) is 4.50. The van der Waals surface area contributed by atoms with Crippen molar-refractivity contribution in [2.24, 2.45) is 4.99 Å². The zero-order valence-electron chi connectivity index (χ0n) is 14.9. The molecule has 2 rings (SSSR count). The zero-order chi connectivity index (χ0) is 16.4. The van der Waals surface area contributed by atoms with Crippen LogP contribution in [0.15, 0.2) is 4.99 Å². The molecule has 1 aliphatic carbocycles. The average molecular weight is 455 g/mol. The van der Waals surface area contributed by atoms with E-state index in [0.29, 0.717) is 19.3 Å². The third-order valence-electron chi connectivity index (χ3n) is 4.50. The number of aliphatic imine (C=N–C) groups is 1. The van der Waals surface area contributed by atoms with Crippen LogP contribution in [0.3, 0.4) is 0 Å². The maximum Gasteiger partial charge on any atom is 0.191 e. The minimum Gasteiger partial charge on any atom is -0.388 e. The lowest BCUT2D eigenvalue weighted by molar-refractivity contribution is 0.0168. The van der Waals surface area contributed by atoms with Crippen molar-refractivity contribution in [3.63, 3.8) is 0 Å². The Hall–Kier alpha value is -0.120. The largest absolute Gasteiger partial charge is 0.388 e. The van der Waals surface area contributed by atoms with Crippen LogP contribution >= 0.6 is 24.0 Å². The molecule has 1 aliphatic heterocycles. The first-order valence-corrected chi connectivity index (χ1v) is 9.16. The van der Waals surface area contributed by atoms with Gasteiger partial charge in [0.25, 0.3) is 0 Å². The van der Waals surface area contributed by atoms with E-state index in [1.807, 2.05) is 6.92 Å². The highest BCUT2D eigenvalue weighted by Crippen LogP contribution is 2.29. The highest BCUT2D eigenvalue weighted by Gasteiger charge is 2.30. The molecule has 24 heavy (non-hydrogen) atoms. The fourth-order valence-corrected chi connectivity index (χ4v) is 3.13. The van der Waals surface area contributed by atoms with Crippen LogP contribution in [-0.4, -0.2) is 62.2 Å². The zero-order valence-corrected chi connectivity index (χ0v) is 17.2. The molecule has 0 amide bonds. The average Bonchev–Trinajstić information content (AvgIpc) is 3.20. The smallest absolute Gasteiger partial charge is 0.191 e. The lowest BCUT2D eigenvalue weighted by Gasteiger charge is -2.20. The number of rotatable bonds is 9. The second-order valence-electron chi connectivity index (χ2n) is 6.62. The maximum absolute atomic E-state index is 10.4. The summed E-state index contributed by atoms with van der Waals surface area (Å²) in [5.74, 6) is 0.784. The van der Waals surface area contributed by atoms with Gasteiger partial charge in [0.05, 0.1) is 24.9 Å². The standard InChI is InChI=1S/C17H33N3O3.HI/c1-2-18-16(20-14-17(21)8-3-4-9-17)19-10-6-11-22-13-15-7-5-12-23-15;/h15,21H,2-14H2,1H3,(H2,18,19,20);1H. The summed E-state index contributed by atoms with van der Waals surface area (Å²) >= 11 is 0. The van der Waals surface area contributed by atoms with Gasteiger partial charge in [-0.3, -0.25) is 4.99 Å². The Bertz CT molecular complexity index is 357. The van der Waals surface area contributed by atoms with E-state index in [1.165, 1.54) is 0 Å². The normalized spacial score (nSPS) is 23.1. The summed E-state index contributed by atoms with van der Waals surface area (Å²) in [6, 6.07) is 0. The topological polar surface area (TPSA) is 75.1 Å². The molecule has 1 saturated heterocycles. The van der Waals surface area contributed by atoms with E-state index in [4.69, 9.17) is 9.47 Å². The van der Waals surface area contributed by atoms with E-state index < -0.39 is 5.60 Å². The van der Waals surface area contributed by atoms with Crippen molar-refractivity contribution >= 4 is 29.9 Å². The summed E-state index contributed by atoms with van der Waals surface area (Å²) < 4.78 is 11.2. The minimum absolute atomic E-state index is 0. The van der Waals surface area contributed by atoms with Crippen molar-refractivity contribution in [3.05, 3.63) is 0 Å². The molecule has 0 spiro atoms. The number of hydrogen-bond acceptors (Lipinski definition) is 4. The van der Waals surface area contributed by atoms with E-state index in [2.05, 4.69) is 15.6 Å². The molecule has 1 unspecified atom stereocenters. The molecular weight excluding hydrogens is 421 g/mol. The predicted molar refractivity (Wildman–Crippen MR) is 107 cm³/mol. The first-order chi connectivity index (χ1) is 11.2. The first-order valence-electron chi connectivity index (χ1n) is 9.16. The molecular formula is C17H34IN3O3. The minimum atomic E-state index is -0.591. The van der Waals surface area contributed by atoms with Crippen LogP contribution in [0.25, 0.3) is 0 Å². The third kappa shape index (κ3) is 8.31. The van der Waals surface area contributed by atoms with Gasteiger partial charge in [0, 0.05) is 26.3 Å². The highest BCUT2D eigenvalue weighted by atomic mass is 127. The number of nitrogens with one attached hydrogen (secondary N) is 2. The quantitative estimate of drug-likeness (QED) is 0.215. The van der Waals surface area contributed by atoms with Crippen molar-refractivity contribution in [3.8, 4) is 0 Å². The summed E-state index contributed by atoms with van der Waals surface area (Å²) in [7, 11) is 0. The fraction of sp³-hybridized carbons (Fsp3) is 0.941. The van der Waals surface area contributed by atoms with Crippen LogP contribution in [0.4, 0.5) is 0 Å². The summed E-state index contributed by atoms with van der Waals surface area (Å²) in [6.45, 7) is 6.49. The molecule has 2 aliphatic rings. The van der Waals surface area contributed by atoms with Crippen LogP contribution in [0, 0.1) is 0 Å². The van der Waals surface area contributed by atoms with Gasteiger partial charge >= 0.3 is 0 Å². The number of ether oxygens (including phenoxy) is 2. The van der Waals surface area contributed by atoms with Gasteiger partial charge in [-0.1, -0.05) is 12.8 Å². The molecule has 0 aromatic carbocycles. The summed E-state index contributed by atoms with van der Waals surface area (Å²) in [5.41, 5.74) is -0.591.